The lowest BCUT2D eigenvalue weighted by molar-refractivity contribution is 0.133. The monoisotopic (exact) mass is 368 g/mol. The Balaban J connectivity index is 1.34. The molecule has 2 aromatic rings. The third-order valence-corrected chi connectivity index (χ3v) is 5.31. The van der Waals surface area contributed by atoms with Crippen molar-refractivity contribution in [1.82, 2.24) is 9.80 Å². The smallest absolute Gasteiger partial charge is 0.161 e. The van der Waals surface area contributed by atoms with Crippen LogP contribution in [-0.2, 0) is 6.54 Å². The fourth-order valence-corrected chi connectivity index (χ4v) is 3.82. The second-order valence-electron chi connectivity index (χ2n) is 7.47. The first-order valence-corrected chi connectivity index (χ1v) is 9.95. The molecular formula is C23H32N2O2. The molecule has 4 nitrogen and oxygen atoms in total. The van der Waals surface area contributed by atoms with E-state index in [1.165, 1.54) is 38.0 Å². The maximum absolute atomic E-state index is 5.91. The second kappa shape index (κ2) is 10.3. The van der Waals surface area contributed by atoms with Crippen LogP contribution in [0, 0.1) is 5.92 Å². The summed E-state index contributed by atoms with van der Waals surface area (Å²) in [4.78, 5) is 4.98. The first-order chi connectivity index (χ1) is 13.2. The van der Waals surface area contributed by atoms with E-state index in [1.54, 1.807) is 7.11 Å². The molecule has 0 amide bonds. The van der Waals surface area contributed by atoms with Gasteiger partial charge in [0.2, 0.25) is 0 Å². The molecule has 4 heteroatoms. The molecule has 0 bridgehead atoms. The van der Waals surface area contributed by atoms with Crippen LogP contribution in [0.15, 0.2) is 54.6 Å². The SMILES string of the molecule is COc1ccccc1OCCN1CCC(CN(C)Cc2ccccc2)CC1. The maximum atomic E-state index is 5.91. The second-order valence-corrected chi connectivity index (χ2v) is 7.47. The van der Waals surface area contributed by atoms with Crippen molar-refractivity contribution < 1.29 is 9.47 Å². The highest BCUT2D eigenvalue weighted by Crippen LogP contribution is 2.26. The molecule has 1 aliphatic heterocycles. The lowest BCUT2D eigenvalue weighted by atomic mass is 9.96. The summed E-state index contributed by atoms with van der Waals surface area (Å²) in [7, 11) is 3.92. The van der Waals surface area contributed by atoms with E-state index in [0.29, 0.717) is 6.61 Å². The number of ether oxygens (including phenoxy) is 2. The third-order valence-electron chi connectivity index (χ3n) is 5.31. The molecule has 146 valence electrons. The van der Waals surface area contributed by atoms with Crippen molar-refractivity contribution in [2.75, 3.05) is 46.9 Å². The van der Waals surface area contributed by atoms with Gasteiger partial charge in [0.1, 0.15) is 6.61 Å². The van der Waals surface area contributed by atoms with E-state index >= 15 is 0 Å². The quantitative estimate of drug-likeness (QED) is 0.670. The molecule has 1 heterocycles. The van der Waals surface area contributed by atoms with Crippen molar-refractivity contribution in [3.8, 4) is 11.5 Å². The van der Waals surface area contributed by atoms with Gasteiger partial charge in [-0.1, -0.05) is 42.5 Å². The topological polar surface area (TPSA) is 24.9 Å². The first-order valence-electron chi connectivity index (χ1n) is 9.95. The number of nitrogens with zero attached hydrogens (tertiary/aromatic N) is 2. The Bertz CT molecular complexity index is 669. The lowest BCUT2D eigenvalue weighted by Crippen LogP contribution is -2.39. The number of para-hydroxylation sites is 2. The summed E-state index contributed by atoms with van der Waals surface area (Å²) < 4.78 is 11.3. The molecule has 0 aromatic heterocycles. The number of hydrogen-bond donors (Lipinski definition) is 0. The van der Waals surface area contributed by atoms with Crippen LogP contribution in [-0.4, -0.2) is 56.7 Å². The Labute approximate surface area is 163 Å². The van der Waals surface area contributed by atoms with Crippen LogP contribution < -0.4 is 9.47 Å². The summed E-state index contributed by atoms with van der Waals surface area (Å²) in [6, 6.07) is 18.6. The van der Waals surface area contributed by atoms with Gasteiger partial charge >= 0.3 is 0 Å². The fraction of sp³-hybridized carbons (Fsp3) is 0.478. The van der Waals surface area contributed by atoms with Crippen molar-refractivity contribution in [2.24, 2.45) is 5.92 Å². The molecular weight excluding hydrogens is 336 g/mol. The predicted molar refractivity (Wildman–Crippen MR) is 110 cm³/mol. The molecule has 0 aliphatic carbocycles. The van der Waals surface area contributed by atoms with Crippen molar-refractivity contribution in [3.63, 3.8) is 0 Å². The van der Waals surface area contributed by atoms with Crippen molar-refractivity contribution >= 4 is 0 Å². The number of benzene rings is 2. The molecule has 0 saturated carbocycles. The zero-order chi connectivity index (χ0) is 18.9. The molecule has 0 radical (unpaired) electrons. The van der Waals surface area contributed by atoms with Gasteiger partial charge in [0.15, 0.2) is 11.5 Å². The van der Waals surface area contributed by atoms with E-state index in [9.17, 15) is 0 Å². The third kappa shape index (κ3) is 6.26. The Morgan fingerprint density at radius 1 is 0.963 bits per heavy atom. The lowest BCUT2D eigenvalue weighted by Gasteiger charge is -2.33. The van der Waals surface area contributed by atoms with Gasteiger partial charge < -0.3 is 14.4 Å². The van der Waals surface area contributed by atoms with Crippen LogP contribution in [0.4, 0.5) is 0 Å². The van der Waals surface area contributed by atoms with Gasteiger partial charge in [-0.3, -0.25) is 4.90 Å². The zero-order valence-electron chi connectivity index (χ0n) is 16.6. The molecule has 2 aromatic carbocycles. The number of likely N-dealkylation sites (tertiary alicyclic amines) is 1. The summed E-state index contributed by atoms with van der Waals surface area (Å²) >= 11 is 0. The fourth-order valence-electron chi connectivity index (χ4n) is 3.82. The Morgan fingerprint density at radius 3 is 2.33 bits per heavy atom. The summed E-state index contributed by atoms with van der Waals surface area (Å²) in [5.74, 6) is 2.43. The normalized spacial score (nSPS) is 15.8. The van der Waals surface area contributed by atoms with Gasteiger partial charge in [-0.2, -0.15) is 0 Å². The largest absolute Gasteiger partial charge is 0.493 e. The predicted octanol–water partition coefficient (Wildman–Crippen LogP) is 3.92. The van der Waals surface area contributed by atoms with Gasteiger partial charge in [0, 0.05) is 19.6 Å². The first kappa shape index (κ1) is 19.7. The number of hydrogen-bond acceptors (Lipinski definition) is 4. The van der Waals surface area contributed by atoms with Crippen LogP contribution in [0.5, 0.6) is 11.5 Å². The Kier molecular flexibility index (Phi) is 7.55. The highest BCUT2D eigenvalue weighted by molar-refractivity contribution is 5.39. The van der Waals surface area contributed by atoms with Crippen molar-refractivity contribution in [3.05, 3.63) is 60.2 Å². The van der Waals surface area contributed by atoms with E-state index in [0.717, 1.165) is 30.5 Å². The average Bonchev–Trinajstić information content (AvgIpc) is 2.70. The minimum Gasteiger partial charge on any atom is -0.493 e. The van der Waals surface area contributed by atoms with Crippen LogP contribution in [0.3, 0.4) is 0 Å². The van der Waals surface area contributed by atoms with Crippen LogP contribution in [0.1, 0.15) is 18.4 Å². The maximum Gasteiger partial charge on any atom is 0.161 e. The van der Waals surface area contributed by atoms with E-state index in [2.05, 4.69) is 47.2 Å². The van der Waals surface area contributed by atoms with Gasteiger partial charge in [0.25, 0.3) is 0 Å². The van der Waals surface area contributed by atoms with Gasteiger partial charge in [-0.05, 0) is 56.6 Å². The summed E-state index contributed by atoms with van der Waals surface area (Å²) in [6.07, 6.45) is 2.54. The highest BCUT2D eigenvalue weighted by Gasteiger charge is 2.20. The van der Waals surface area contributed by atoms with E-state index < -0.39 is 0 Å². The summed E-state index contributed by atoms with van der Waals surface area (Å²) in [5.41, 5.74) is 1.39. The molecule has 0 atom stereocenters. The molecule has 1 fully saturated rings. The van der Waals surface area contributed by atoms with E-state index in [-0.39, 0.29) is 0 Å². The number of rotatable bonds is 9. The Morgan fingerprint density at radius 2 is 1.63 bits per heavy atom. The van der Waals surface area contributed by atoms with Gasteiger partial charge in [-0.25, -0.2) is 0 Å². The van der Waals surface area contributed by atoms with Gasteiger partial charge in [-0.15, -0.1) is 0 Å². The minimum absolute atomic E-state index is 0.707. The minimum atomic E-state index is 0.707. The number of piperidine rings is 1. The van der Waals surface area contributed by atoms with Crippen molar-refractivity contribution in [2.45, 2.75) is 19.4 Å². The zero-order valence-corrected chi connectivity index (χ0v) is 16.6. The molecule has 0 N–H and O–H groups in total. The Hall–Kier alpha value is -2.04. The van der Waals surface area contributed by atoms with Crippen LogP contribution >= 0.6 is 0 Å². The molecule has 0 spiro atoms. The highest BCUT2D eigenvalue weighted by atomic mass is 16.5. The van der Waals surface area contributed by atoms with Crippen LogP contribution in [0.2, 0.25) is 0 Å². The van der Waals surface area contributed by atoms with Crippen molar-refractivity contribution in [1.29, 1.82) is 0 Å². The van der Waals surface area contributed by atoms with Gasteiger partial charge in [0.05, 0.1) is 7.11 Å². The summed E-state index contributed by atoms with van der Waals surface area (Å²) in [6.45, 7) is 6.23. The standard InChI is InChI=1S/C23H32N2O2/c1-24(18-20-8-4-3-5-9-20)19-21-12-14-25(15-13-21)16-17-27-23-11-7-6-10-22(23)26-2/h3-11,21H,12-19H2,1-2H3. The molecule has 1 aliphatic rings. The molecule has 1 saturated heterocycles. The average molecular weight is 369 g/mol. The van der Waals surface area contributed by atoms with Crippen LogP contribution in [0.25, 0.3) is 0 Å². The molecule has 0 unspecified atom stereocenters. The van der Waals surface area contributed by atoms with E-state index in [4.69, 9.17) is 9.47 Å². The summed E-state index contributed by atoms with van der Waals surface area (Å²) in [5, 5.41) is 0. The molecule has 27 heavy (non-hydrogen) atoms. The molecule has 3 rings (SSSR count). The van der Waals surface area contributed by atoms with E-state index in [1.807, 2.05) is 24.3 Å². The number of methoxy groups -OCH3 is 1.